The Morgan fingerprint density at radius 1 is 1.23 bits per heavy atom. The lowest BCUT2D eigenvalue weighted by atomic mass is 10.2. The standard InChI is InChI=1S/C18H15ClN4O3/c1-26-16-7-4-13(19)8-15(16)23-18(25)12(9-20)10-22-14-5-2-11(3-6-14)17(21)24/h2-8,10,22H,1H3,(H2,21,24)(H,23,25)/b12-10-. The average molecular weight is 371 g/mol. The van der Waals surface area contributed by atoms with Crippen molar-refractivity contribution in [1.82, 2.24) is 0 Å². The molecule has 0 aliphatic carbocycles. The molecule has 2 amide bonds. The second-order valence-electron chi connectivity index (χ2n) is 5.05. The number of carbonyl (C=O) groups is 2. The molecule has 0 aliphatic rings. The summed E-state index contributed by atoms with van der Waals surface area (Å²) < 4.78 is 5.15. The number of nitrogens with two attached hydrogens (primary N) is 1. The number of nitriles is 1. The van der Waals surface area contributed by atoms with Gasteiger partial charge in [0, 0.05) is 22.5 Å². The van der Waals surface area contributed by atoms with Gasteiger partial charge in [0.25, 0.3) is 5.91 Å². The molecule has 0 radical (unpaired) electrons. The zero-order valence-corrected chi connectivity index (χ0v) is 14.5. The lowest BCUT2D eigenvalue weighted by Crippen LogP contribution is -2.15. The van der Waals surface area contributed by atoms with Crippen LogP contribution in [-0.2, 0) is 4.79 Å². The normalized spacial score (nSPS) is 10.6. The maximum Gasteiger partial charge on any atom is 0.267 e. The van der Waals surface area contributed by atoms with E-state index in [2.05, 4.69) is 10.6 Å². The SMILES string of the molecule is COc1ccc(Cl)cc1NC(=O)/C(C#N)=C\Nc1ccc(C(N)=O)cc1. The Labute approximate surface area is 155 Å². The number of ether oxygens (including phenoxy) is 1. The third kappa shape index (κ3) is 4.75. The van der Waals surface area contributed by atoms with Crippen LogP contribution in [0.4, 0.5) is 11.4 Å². The van der Waals surface area contributed by atoms with Crippen molar-refractivity contribution in [3.63, 3.8) is 0 Å². The van der Waals surface area contributed by atoms with Gasteiger partial charge in [-0.05, 0) is 42.5 Å². The van der Waals surface area contributed by atoms with Crippen LogP contribution < -0.4 is 21.1 Å². The molecule has 8 heteroatoms. The minimum absolute atomic E-state index is 0.161. The van der Waals surface area contributed by atoms with Gasteiger partial charge in [0.1, 0.15) is 17.4 Å². The Hall–Kier alpha value is -3.50. The summed E-state index contributed by atoms with van der Waals surface area (Å²) in [6.07, 6.45) is 1.26. The van der Waals surface area contributed by atoms with Gasteiger partial charge in [-0.25, -0.2) is 0 Å². The van der Waals surface area contributed by atoms with Gasteiger partial charge in [0.2, 0.25) is 5.91 Å². The lowest BCUT2D eigenvalue weighted by molar-refractivity contribution is -0.112. The van der Waals surface area contributed by atoms with Crippen molar-refractivity contribution in [3.05, 3.63) is 64.8 Å². The first kappa shape index (κ1) is 18.8. The number of benzene rings is 2. The summed E-state index contributed by atoms with van der Waals surface area (Å²) >= 11 is 5.92. The molecule has 4 N–H and O–H groups in total. The summed E-state index contributed by atoms with van der Waals surface area (Å²) in [6, 6.07) is 12.8. The van der Waals surface area contributed by atoms with E-state index in [1.54, 1.807) is 24.3 Å². The lowest BCUT2D eigenvalue weighted by Gasteiger charge is -2.10. The van der Waals surface area contributed by atoms with Crippen molar-refractivity contribution in [2.24, 2.45) is 5.73 Å². The summed E-state index contributed by atoms with van der Waals surface area (Å²) in [5, 5.41) is 15.0. The highest BCUT2D eigenvalue weighted by Crippen LogP contribution is 2.28. The van der Waals surface area contributed by atoms with Gasteiger partial charge in [-0.3, -0.25) is 9.59 Å². The van der Waals surface area contributed by atoms with Crippen molar-refractivity contribution in [2.75, 3.05) is 17.7 Å². The van der Waals surface area contributed by atoms with E-state index in [0.29, 0.717) is 27.7 Å². The Morgan fingerprint density at radius 3 is 2.50 bits per heavy atom. The maximum atomic E-state index is 12.3. The molecule has 2 rings (SSSR count). The molecule has 7 nitrogen and oxygen atoms in total. The number of carbonyl (C=O) groups excluding carboxylic acids is 2. The predicted molar refractivity (Wildman–Crippen MR) is 98.9 cm³/mol. The fourth-order valence-electron chi connectivity index (χ4n) is 2.00. The number of nitrogens with one attached hydrogen (secondary N) is 2. The van der Waals surface area contributed by atoms with Gasteiger partial charge in [-0.15, -0.1) is 0 Å². The van der Waals surface area contributed by atoms with Gasteiger partial charge in [-0.1, -0.05) is 11.6 Å². The summed E-state index contributed by atoms with van der Waals surface area (Å²) in [7, 11) is 1.46. The van der Waals surface area contributed by atoms with E-state index in [1.807, 2.05) is 6.07 Å². The molecule has 0 spiro atoms. The Morgan fingerprint density at radius 2 is 1.92 bits per heavy atom. The third-order valence-electron chi connectivity index (χ3n) is 3.33. The van der Waals surface area contributed by atoms with E-state index in [0.717, 1.165) is 0 Å². The number of amides is 2. The smallest absolute Gasteiger partial charge is 0.267 e. The molecule has 132 valence electrons. The highest BCUT2D eigenvalue weighted by Gasteiger charge is 2.13. The van der Waals surface area contributed by atoms with Gasteiger partial charge in [0.05, 0.1) is 12.8 Å². The van der Waals surface area contributed by atoms with Gasteiger partial charge < -0.3 is 21.1 Å². The molecule has 2 aromatic carbocycles. The molecule has 0 heterocycles. The zero-order valence-electron chi connectivity index (χ0n) is 13.7. The number of nitrogens with zero attached hydrogens (tertiary/aromatic N) is 1. The van der Waals surface area contributed by atoms with Crippen molar-refractivity contribution >= 4 is 34.8 Å². The fraction of sp³-hybridized carbons (Fsp3) is 0.0556. The van der Waals surface area contributed by atoms with Crippen molar-refractivity contribution in [1.29, 1.82) is 5.26 Å². The second kappa shape index (κ2) is 8.55. The molecule has 0 saturated heterocycles. The predicted octanol–water partition coefficient (Wildman–Crippen LogP) is 2.91. The first-order valence-electron chi connectivity index (χ1n) is 7.36. The van der Waals surface area contributed by atoms with Crippen molar-refractivity contribution < 1.29 is 14.3 Å². The monoisotopic (exact) mass is 370 g/mol. The fourth-order valence-corrected chi connectivity index (χ4v) is 2.17. The third-order valence-corrected chi connectivity index (χ3v) is 3.56. The molecular formula is C18H15ClN4O3. The molecule has 0 bridgehead atoms. The minimum atomic E-state index is -0.630. The van der Waals surface area contributed by atoms with Crippen LogP contribution in [0, 0.1) is 11.3 Å². The van der Waals surface area contributed by atoms with Crippen LogP contribution >= 0.6 is 11.6 Å². The van der Waals surface area contributed by atoms with Crippen LogP contribution in [0.3, 0.4) is 0 Å². The summed E-state index contributed by atoms with van der Waals surface area (Å²) in [6.45, 7) is 0. The Bertz CT molecular complexity index is 902. The van der Waals surface area contributed by atoms with Crippen LogP contribution in [0.1, 0.15) is 10.4 Å². The first-order valence-corrected chi connectivity index (χ1v) is 7.74. The molecule has 2 aromatic rings. The second-order valence-corrected chi connectivity index (χ2v) is 5.49. The first-order chi connectivity index (χ1) is 12.4. The number of hydrogen-bond donors (Lipinski definition) is 3. The number of methoxy groups -OCH3 is 1. The molecule has 0 atom stereocenters. The summed E-state index contributed by atoms with van der Waals surface area (Å²) in [5.41, 5.74) is 6.28. The van der Waals surface area contributed by atoms with E-state index in [9.17, 15) is 14.9 Å². The van der Waals surface area contributed by atoms with Gasteiger partial charge >= 0.3 is 0 Å². The number of halogens is 1. The highest BCUT2D eigenvalue weighted by molar-refractivity contribution is 6.31. The van der Waals surface area contributed by atoms with Gasteiger partial charge in [-0.2, -0.15) is 5.26 Å². The van der Waals surface area contributed by atoms with Crippen LogP contribution in [-0.4, -0.2) is 18.9 Å². The molecule has 0 aromatic heterocycles. The maximum absolute atomic E-state index is 12.3. The quantitative estimate of drug-likeness (QED) is 0.533. The Kier molecular flexibility index (Phi) is 6.20. The van der Waals surface area contributed by atoms with E-state index in [4.69, 9.17) is 22.1 Å². The molecular weight excluding hydrogens is 356 g/mol. The number of hydrogen-bond acceptors (Lipinski definition) is 5. The number of rotatable bonds is 6. The largest absolute Gasteiger partial charge is 0.495 e. The number of anilines is 2. The van der Waals surface area contributed by atoms with E-state index < -0.39 is 11.8 Å². The molecule has 0 fully saturated rings. The molecule has 0 aliphatic heterocycles. The zero-order chi connectivity index (χ0) is 19.1. The van der Waals surface area contributed by atoms with Gasteiger partial charge in [0.15, 0.2) is 0 Å². The topological polar surface area (TPSA) is 117 Å². The summed E-state index contributed by atoms with van der Waals surface area (Å²) in [5.74, 6) is -0.760. The van der Waals surface area contributed by atoms with Crippen LogP contribution in [0.15, 0.2) is 54.2 Å². The van der Waals surface area contributed by atoms with E-state index >= 15 is 0 Å². The average Bonchev–Trinajstić information content (AvgIpc) is 2.63. The van der Waals surface area contributed by atoms with E-state index in [1.165, 1.54) is 31.5 Å². The molecule has 0 unspecified atom stereocenters. The summed E-state index contributed by atoms with van der Waals surface area (Å²) in [4.78, 5) is 23.3. The van der Waals surface area contributed by atoms with Crippen LogP contribution in [0.2, 0.25) is 5.02 Å². The van der Waals surface area contributed by atoms with Crippen molar-refractivity contribution in [3.8, 4) is 11.8 Å². The van der Waals surface area contributed by atoms with E-state index in [-0.39, 0.29) is 5.57 Å². The molecule has 26 heavy (non-hydrogen) atoms. The minimum Gasteiger partial charge on any atom is -0.495 e. The van der Waals surface area contributed by atoms with Crippen LogP contribution in [0.5, 0.6) is 5.75 Å². The molecule has 0 saturated carbocycles. The van der Waals surface area contributed by atoms with Crippen LogP contribution in [0.25, 0.3) is 0 Å². The highest BCUT2D eigenvalue weighted by atomic mass is 35.5. The number of primary amides is 1. The van der Waals surface area contributed by atoms with Crippen molar-refractivity contribution in [2.45, 2.75) is 0 Å². The Balaban J connectivity index is 2.13.